The number of hydrogen-bond acceptors (Lipinski definition) is 10. The van der Waals surface area contributed by atoms with Crippen LogP contribution in [0.5, 0.6) is 0 Å². The summed E-state index contributed by atoms with van der Waals surface area (Å²) in [5.74, 6) is 3.66. The molecule has 14 rings (SSSR count). The quantitative estimate of drug-likeness (QED) is 0.124. The number of hydrogen-bond donors (Lipinski definition) is 0. The predicted molar refractivity (Wildman–Crippen MR) is 321 cm³/mol. The van der Waals surface area contributed by atoms with Crippen LogP contribution in [0.15, 0.2) is 279 Å². The number of nitrogens with zero attached hydrogens (tertiary/aromatic N) is 10. The van der Waals surface area contributed by atoms with E-state index >= 15 is 0 Å². The first kappa shape index (κ1) is 47.4. The Morgan fingerprint density at radius 1 is 0.200 bits per heavy atom. The average Bonchev–Trinajstić information content (AvgIpc) is 3.74. The minimum absolute atomic E-state index is 0.464. The van der Waals surface area contributed by atoms with Gasteiger partial charge in [0.25, 0.3) is 0 Å². The number of rotatable bonds is 11. The summed E-state index contributed by atoms with van der Waals surface area (Å²) in [4.78, 5) is 47.3. The van der Waals surface area contributed by atoms with Crippen molar-refractivity contribution in [3.63, 3.8) is 0 Å². The molecule has 1 aliphatic heterocycles. The number of benzene rings is 10. The fraction of sp³-hybridized carbons (Fsp3) is 0. The molecule has 1 aliphatic rings. The molecule has 0 atom stereocenters. The number of anilines is 6. The van der Waals surface area contributed by atoms with Crippen molar-refractivity contribution in [3.05, 3.63) is 279 Å². The first-order valence-electron chi connectivity index (χ1n) is 26.4. The van der Waals surface area contributed by atoms with E-state index in [0.717, 1.165) is 95.5 Å². The Hall–Kier alpha value is -11.1. The molecule has 3 aromatic heterocycles. The second kappa shape index (κ2) is 20.8. The second-order valence-corrected chi connectivity index (χ2v) is 19.1. The number of aromatic nitrogens is 8. The Balaban J connectivity index is 1.07. The number of fused-ring (bicyclic) bond motifs is 2. The first-order valence-corrected chi connectivity index (χ1v) is 26.4. The van der Waals surface area contributed by atoms with Gasteiger partial charge in [0.1, 0.15) is 0 Å². The van der Waals surface area contributed by atoms with Crippen LogP contribution in [0, 0.1) is 0 Å². The third kappa shape index (κ3) is 8.98. The summed E-state index contributed by atoms with van der Waals surface area (Å²) in [5, 5.41) is 0. The van der Waals surface area contributed by atoms with Crippen molar-refractivity contribution in [3.8, 4) is 102 Å². The highest BCUT2D eigenvalue weighted by molar-refractivity contribution is 6.07. The lowest BCUT2D eigenvalue weighted by atomic mass is 9.90. The molecule has 0 bridgehead atoms. The molecular weight excluding hydrogens is 981 g/mol. The van der Waals surface area contributed by atoms with Crippen LogP contribution in [0.25, 0.3) is 102 Å². The van der Waals surface area contributed by atoms with E-state index in [0.29, 0.717) is 40.9 Å². The van der Waals surface area contributed by atoms with Crippen LogP contribution in [-0.2, 0) is 0 Å². The lowest BCUT2D eigenvalue weighted by Gasteiger charge is -2.40. The van der Waals surface area contributed by atoms with Gasteiger partial charge in [-0.2, -0.15) is 9.97 Å². The van der Waals surface area contributed by atoms with Crippen molar-refractivity contribution >= 4 is 34.4 Å². The molecule has 13 aromatic rings. The van der Waals surface area contributed by atoms with E-state index in [-0.39, 0.29) is 0 Å². The first-order chi connectivity index (χ1) is 39.7. The van der Waals surface area contributed by atoms with Crippen LogP contribution in [0.4, 0.5) is 34.4 Å². The maximum absolute atomic E-state index is 5.53. The van der Waals surface area contributed by atoms with Gasteiger partial charge in [-0.05, 0) is 48.0 Å². The third-order valence-corrected chi connectivity index (χ3v) is 14.1. The summed E-state index contributed by atoms with van der Waals surface area (Å²) in [6.45, 7) is 0. The fourth-order valence-electron chi connectivity index (χ4n) is 10.4. The lowest BCUT2D eigenvalue weighted by Crippen LogP contribution is -2.26. The topological polar surface area (TPSA) is 110 Å². The van der Waals surface area contributed by atoms with Gasteiger partial charge in [0.2, 0.25) is 5.95 Å². The van der Waals surface area contributed by atoms with E-state index in [2.05, 4.69) is 125 Å². The fourth-order valence-corrected chi connectivity index (χ4v) is 10.4. The zero-order valence-corrected chi connectivity index (χ0v) is 43.0. The van der Waals surface area contributed by atoms with Gasteiger partial charge in [-0.15, -0.1) is 0 Å². The summed E-state index contributed by atoms with van der Waals surface area (Å²) in [7, 11) is 0. The van der Waals surface area contributed by atoms with Gasteiger partial charge in [-0.1, -0.05) is 237 Å². The molecule has 0 aliphatic carbocycles. The molecule has 10 heteroatoms. The Labute approximate surface area is 462 Å². The van der Waals surface area contributed by atoms with Crippen molar-refractivity contribution in [1.29, 1.82) is 0 Å². The van der Waals surface area contributed by atoms with Gasteiger partial charge >= 0.3 is 0 Å². The number of para-hydroxylation sites is 4. The normalized spacial score (nSPS) is 11.7. The standard InChI is InChI=1S/C70H46N10/c1-8-26-47(27-9-1)55-46-56(48-28-10-2-11-29-48)72-68(71-55)54-44-45-61(63(62(54)49-30-12-3-13-31-49)69-75-64(50-32-14-4-15-33-50)73-65(76-69)51-34-16-5-17-35-51)79-57-40-22-24-42-59(57)80(60-43-25-23-41-58(60)79)70-77-66(52-36-18-6-19-37-52)74-67(78-70)53-38-20-7-21-39-53/h1-46H. The molecule has 10 aromatic carbocycles. The van der Waals surface area contributed by atoms with E-state index in [1.807, 2.05) is 164 Å². The molecule has 4 heterocycles. The van der Waals surface area contributed by atoms with Crippen LogP contribution >= 0.6 is 0 Å². The molecule has 0 N–H and O–H groups in total. The largest absolute Gasteiger partial charge is 0.306 e. The van der Waals surface area contributed by atoms with Gasteiger partial charge < -0.3 is 4.90 Å². The van der Waals surface area contributed by atoms with Crippen LogP contribution in [0.2, 0.25) is 0 Å². The summed E-state index contributed by atoms with van der Waals surface area (Å²) in [6.07, 6.45) is 0. The van der Waals surface area contributed by atoms with Crippen molar-refractivity contribution < 1.29 is 0 Å². The van der Waals surface area contributed by atoms with Crippen LogP contribution in [0.3, 0.4) is 0 Å². The molecule has 0 spiro atoms. The van der Waals surface area contributed by atoms with E-state index in [4.69, 9.17) is 39.9 Å². The van der Waals surface area contributed by atoms with E-state index in [1.54, 1.807) is 0 Å². The molecule has 0 unspecified atom stereocenters. The molecule has 0 fully saturated rings. The van der Waals surface area contributed by atoms with Gasteiger partial charge in [-0.3, -0.25) is 4.90 Å². The SMILES string of the molecule is c1ccc(-c2cc(-c3ccccc3)nc(-c3ccc(N4c5ccccc5N(c5nc(-c6ccccc6)nc(-c6ccccc6)n5)c5ccccc54)c(-c4nc(-c5ccccc5)nc(-c5ccccc5)n4)c3-c3ccccc3)n2)cc1. The van der Waals surface area contributed by atoms with Gasteiger partial charge in [-0.25, -0.2) is 29.9 Å². The van der Waals surface area contributed by atoms with Gasteiger partial charge in [0, 0.05) is 44.5 Å². The van der Waals surface area contributed by atoms with Crippen LogP contribution in [0.1, 0.15) is 0 Å². The van der Waals surface area contributed by atoms with Crippen LogP contribution in [-0.4, -0.2) is 39.9 Å². The van der Waals surface area contributed by atoms with Gasteiger partial charge in [0.05, 0.1) is 45.4 Å². The monoisotopic (exact) mass is 1030 g/mol. The maximum atomic E-state index is 5.53. The van der Waals surface area contributed by atoms with Crippen molar-refractivity contribution in [2.75, 3.05) is 9.80 Å². The lowest BCUT2D eigenvalue weighted by molar-refractivity contribution is 1.01. The summed E-state index contributed by atoms with van der Waals surface area (Å²) >= 11 is 0. The molecular formula is C70H46N10. The molecule has 376 valence electrons. The Kier molecular flexibility index (Phi) is 12.3. The molecule has 0 radical (unpaired) electrons. The molecule has 0 saturated heterocycles. The molecule has 10 nitrogen and oxygen atoms in total. The Morgan fingerprint density at radius 3 is 0.900 bits per heavy atom. The highest BCUT2D eigenvalue weighted by atomic mass is 15.3. The van der Waals surface area contributed by atoms with Gasteiger partial charge in [0.15, 0.2) is 34.9 Å². The second-order valence-electron chi connectivity index (χ2n) is 19.1. The van der Waals surface area contributed by atoms with E-state index in [9.17, 15) is 0 Å². The Bertz CT molecular complexity index is 4120. The van der Waals surface area contributed by atoms with Crippen LogP contribution < -0.4 is 9.80 Å². The molecule has 80 heavy (non-hydrogen) atoms. The predicted octanol–water partition coefficient (Wildman–Crippen LogP) is 17.1. The van der Waals surface area contributed by atoms with E-state index < -0.39 is 0 Å². The minimum Gasteiger partial charge on any atom is -0.306 e. The highest BCUT2D eigenvalue weighted by Gasteiger charge is 2.36. The van der Waals surface area contributed by atoms with Crippen molar-refractivity contribution in [2.45, 2.75) is 0 Å². The average molecular weight is 1030 g/mol. The highest BCUT2D eigenvalue weighted by Crippen LogP contribution is 2.57. The van der Waals surface area contributed by atoms with E-state index in [1.165, 1.54) is 0 Å². The molecule has 0 amide bonds. The zero-order valence-electron chi connectivity index (χ0n) is 43.0. The summed E-state index contributed by atoms with van der Waals surface area (Å²) in [5.41, 5.74) is 14.5. The molecule has 0 saturated carbocycles. The summed E-state index contributed by atoms with van der Waals surface area (Å²) in [6, 6.07) is 94.5. The van der Waals surface area contributed by atoms with Crippen molar-refractivity contribution in [1.82, 2.24) is 39.9 Å². The van der Waals surface area contributed by atoms with Crippen molar-refractivity contribution in [2.24, 2.45) is 0 Å². The summed E-state index contributed by atoms with van der Waals surface area (Å²) < 4.78 is 0. The third-order valence-electron chi connectivity index (χ3n) is 14.1. The minimum atomic E-state index is 0.464. The smallest absolute Gasteiger partial charge is 0.238 e. The maximum Gasteiger partial charge on any atom is 0.238 e. The zero-order chi connectivity index (χ0) is 53.2. The Morgan fingerprint density at radius 2 is 0.512 bits per heavy atom.